The lowest BCUT2D eigenvalue weighted by Crippen LogP contribution is -2.61. The van der Waals surface area contributed by atoms with E-state index in [1.807, 2.05) is 24.3 Å². The van der Waals surface area contributed by atoms with Crippen molar-refractivity contribution in [2.24, 2.45) is 23.2 Å². The number of hydrogen-bond acceptors (Lipinski definition) is 3. The Morgan fingerprint density at radius 3 is 2.10 bits per heavy atom. The highest BCUT2D eigenvalue weighted by atomic mass is 16.5. The fraction of sp³-hybridized carbons (Fsp3) is 0.462. The Bertz CT molecular complexity index is 1000. The average Bonchev–Trinajstić information content (AvgIpc) is 3.08. The van der Waals surface area contributed by atoms with E-state index in [9.17, 15) is 14.7 Å². The number of carbonyl (C=O) groups excluding carboxylic acids is 1. The molecule has 2 aromatic rings. The summed E-state index contributed by atoms with van der Waals surface area (Å²) in [5, 5.41) is 12.9. The molecule has 160 valence electrons. The van der Waals surface area contributed by atoms with Gasteiger partial charge in [-0.25, -0.2) is 4.79 Å². The van der Waals surface area contributed by atoms with Gasteiger partial charge in [-0.15, -0.1) is 0 Å². The van der Waals surface area contributed by atoms with Crippen LogP contribution in [0.3, 0.4) is 0 Å². The summed E-state index contributed by atoms with van der Waals surface area (Å²) >= 11 is 0. The van der Waals surface area contributed by atoms with Crippen molar-refractivity contribution in [2.75, 3.05) is 6.61 Å². The van der Waals surface area contributed by atoms with Gasteiger partial charge in [-0.2, -0.15) is 0 Å². The molecular formula is C26H27NO4. The van der Waals surface area contributed by atoms with Crippen LogP contribution in [0.1, 0.15) is 49.1 Å². The summed E-state index contributed by atoms with van der Waals surface area (Å²) in [5.74, 6) is 0.401. The highest BCUT2D eigenvalue weighted by Crippen LogP contribution is 2.60. The summed E-state index contributed by atoms with van der Waals surface area (Å²) in [5.41, 5.74) is 4.28. The van der Waals surface area contributed by atoms with Crippen LogP contribution in [-0.2, 0) is 9.53 Å². The Morgan fingerprint density at radius 1 is 0.935 bits per heavy atom. The molecule has 5 heteroatoms. The molecule has 4 fully saturated rings. The van der Waals surface area contributed by atoms with Crippen LogP contribution in [0.4, 0.5) is 4.79 Å². The molecular weight excluding hydrogens is 390 g/mol. The quantitative estimate of drug-likeness (QED) is 0.749. The highest BCUT2D eigenvalue weighted by molar-refractivity contribution is 5.79. The number of aliphatic carboxylic acids is 1. The van der Waals surface area contributed by atoms with Crippen LogP contribution in [0.5, 0.6) is 0 Å². The van der Waals surface area contributed by atoms with Crippen molar-refractivity contribution in [2.45, 2.75) is 44.1 Å². The van der Waals surface area contributed by atoms with E-state index in [1.54, 1.807) is 0 Å². The van der Waals surface area contributed by atoms with Crippen molar-refractivity contribution in [1.29, 1.82) is 0 Å². The summed E-state index contributed by atoms with van der Waals surface area (Å²) < 4.78 is 5.75. The van der Waals surface area contributed by atoms with Gasteiger partial charge in [-0.3, -0.25) is 4.79 Å². The maximum atomic E-state index is 12.8. The molecule has 0 saturated heterocycles. The number of carbonyl (C=O) groups is 2. The Balaban J connectivity index is 1.15. The zero-order chi connectivity index (χ0) is 21.2. The van der Waals surface area contributed by atoms with Gasteiger partial charge in [-0.1, -0.05) is 48.5 Å². The summed E-state index contributed by atoms with van der Waals surface area (Å²) in [7, 11) is 0. The standard InChI is InChI=1S/C26H27NO4/c28-24(29)26-11-15-9-16(12-26)23(17(10-15)13-26)27-25(30)31-14-22-20-7-3-1-5-18(20)19-6-2-4-8-21(19)22/h1-8,15-17,22-23H,9-14H2,(H,27,30)(H,28,29). The lowest BCUT2D eigenvalue weighted by Gasteiger charge is -2.58. The number of fused-ring (bicyclic) bond motifs is 3. The van der Waals surface area contributed by atoms with Crippen LogP contribution in [-0.4, -0.2) is 29.8 Å². The first-order valence-electron chi connectivity index (χ1n) is 11.4. The maximum Gasteiger partial charge on any atom is 0.407 e. The summed E-state index contributed by atoms with van der Waals surface area (Å²) in [6.07, 6.45) is 3.86. The number of amides is 1. The zero-order valence-corrected chi connectivity index (χ0v) is 17.4. The molecule has 5 aliphatic carbocycles. The van der Waals surface area contributed by atoms with Crippen LogP contribution in [0.15, 0.2) is 48.5 Å². The summed E-state index contributed by atoms with van der Waals surface area (Å²) in [6, 6.07) is 16.7. The number of nitrogens with one attached hydrogen (secondary N) is 1. The van der Waals surface area contributed by atoms with Crippen molar-refractivity contribution < 1.29 is 19.4 Å². The van der Waals surface area contributed by atoms with E-state index in [1.165, 1.54) is 22.3 Å². The van der Waals surface area contributed by atoms with E-state index in [0.29, 0.717) is 25.4 Å². The van der Waals surface area contributed by atoms with Crippen molar-refractivity contribution in [3.8, 4) is 11.1 Å². The van der Waals surface area contributed by atoms with Crippen molar-refractivity contribution in [3.63, 3.8) is 0 Å². The molecule has 31 heavy (non-hydrogen) atoms. The van der Waals surface area contributed by atoms with Gasteiger partial charge in [0.15, 0.2) is 0 Å². The Morgan fingerprint density at radius 2 is 1.52 bits per heavy atom. The van der Waals surface area contributed by atoms with Crippen molar-refractivity contribution in [1.82, 2.24) is 5.32 Å². The average molecular weight is 418 g/mol. The Kier molecular flexibility index (Phi) is 4.17. The third-order valence-corrected chi connectivity index (χ3v) is 8.36. The minimum atomic E-state index is -0.647. The van der Waals surface area contributed by atoms with E-state index < -0.39 is 11.4 Å². The van der Waals surface area contributed by atoms with E-state index >= 15 is 0 Å². The lowest BCUT2D eigenvalue weighted by atomic mass is 9.48. The second-order valence-corrected chi connectivity index (χ2v) is 10.1. The fourth-order valence-corrected chi connectivity index (χ4v) is 7.30. The number of carboxylic acids is 1. The van der Waals surface area contributed by atoms with E-state index in [0.717, 1.165) is 19.3 Å². The first-order valence-corrected chi connectivity index (χ1v) is 11.4. The molecule has 4 bridgehead atoms. The van der Waals surface area contributed by atoms with E-state index in [-0.39, 0.29) is 29.9 Å². The number of hydrogen-bond donors (Lipinski definition) is 2. The monoisotopic (exact) mass is 417 g/mol. The molecule has 7 rings (SSSR count). The predicted octanol–water partition coefficient (Wildman–Crippen LogP) is 4.80. The number of carboxylic acid groups (broad SMARTS) is 1. The third kappa shape index (κ3) is 2.89. The minimum Gasteiger partial charge on any atom is -0.481 e. The van der Waals surface area contributed by atoms with Crippen LogP contribution in [0, 0.1) is 23.2 Å². The second kappa shape index (κ2) is 6.84. The molecule has 0 spiro atoms. The predicted molar refractivity (Wildman–Crippen MR) is 116 cm³/mol. The van der Waals surface area contributed by atoms with Gasteiger partial charge in [0, 0.05) is 12.0 Å². The van der Waals surface area contributed by atoms with Crippen LogP contribution in [0.2, 0.25) is 0 Å². The molecule has 2 unspecified atom stereocenters. The molecule has 2 aromatic carbocycles. The number of rotatable bonds is 4. The molecule has 4 saturated carbocycles. The molecule has 2 N–H and O–H groups in total. The first kappa shape index (κ1) is 18.9. The zero-order valence-electron chi connectivity index (χ0n) is 17.4. The van der Waals surface area contributed by atoms with Crippen molar-refractivity contribution in [3.05, 3.63) is 59.7 Å². The van der Waals surface area contributed by atoms with Crippen molar-refractivity contribution >= 4 is 12.1 Å². The van der Waals surface area contributed by atoms with Crippen LogP contribution >= 0.6 is 0 Å². The Hall–Kier alpha value is -2.82. The van der Waals surface area contributed by atoms with Gasteiger partial charge in [-0.05, 0) is 72.1 Å². The van der Waals surface area contributed by atoms with Gasteiger partial charge >= 0.3 is 12.1 Å². The molecule has 0 radical (unpaired) electrons. The SMILES string of the molecule is O=C(NC1C2CC3CC1CC(C(=O)O)(C3)C2)OCC1c2ccccc2-c2ccccc21. The Labute approximate surface area is 181 Å². The summed E-state index contributed by atoms with van der Waals surface area (Å²) in [6.45, 7) is 0.309. The molecule has 2 atom stereocenters. The minimum absolute atomic E-state index is 0.0414. The largest absolute Gasteiger partial charge is 0.481 e. The molecule has 5 aliphatic rings. The third-order valence-electron chi connectivity index (χ3n) is 8.36. The van der Waals surface area contributed by atoms with Gasteiger partial charge in [0.05, 0.1) is 5.41 Å². The molecule has 1 amide bonds. The van der Waals surface area contributed by atoms with E-state index in [4.69, 9.17) is 4.74 Å². The van der Waals surface area contributed by atoms with Gasteiger partial charge < -0.3 is 15.2 Å². The van der Waals surface area contributed by atoms with Crippen LogP contribution in [0.25, 0.3) is 11.1 Å². The maximum absolute atomic E-state index is 12.8. The smallest absolute Gasteiger partial charge is 0.407 e. The van der Waals surface area contributed by atoms with E-state index in [2.05, 4.69) is 29.6 Å². The summed E-state index contributed by atoms with van der Waals surface area (Å²) in [4.78, 5) is 24.7. The van der Waals surface area contributed by atoms with Gasteiger partial charge in [0.1, 0.15) is 6.61 Å². The van der Waals surface area contributed by atoms with Gasteiger partial charge in [0.2, 0.25) is 0 Å². The second-order valence-electron chi connectivity index (χ2n) is 10.1. The lowest BCUT2D eigenvalue weighted by molar-refractivity contribution is -0.167. The fourth-order valence-electron chi connectivity index (χ4n) is 7.30. The highest BCUT2D eigenvalue weighted by Gasteiger charge is 2.59. The molecule has 0 aliphatic heterocycles. The van der Waals surface area contributed by atoms with Gasteiger partial charge in [0.25, 0.3) is 0 Å². The normalized spacial score (nSPS) is 32.4. The van der Waals surface area contributed by atoms with Crippen LogP contribution < -0.4 is 5.32 Å². The number of benzene rings is 2. The number of ether oxygens (including phenoxy) is 1. The first-order chi connectivity index (χ1) is 15.0. The molecule has 0 aromatic heterocycles. The number of alkyl carbamates (subject to hydrolysis) is 1. The molecule has 5 nitrogen and oxygen atoms in total. The topological polar surface area (TPSA) is 75.6 Å². The molecule has 0 heterocycles.